The number of nitrogens with zero attached hydrogens (tertiary/aromatic N) is 2. The van der Waals surface area contributed by atoms with Gasteiger partial charge in [-0.2, -0.15) is 0 Å². The molecule has 3 aliphatic rings. The highest BCUT2D eigenvalue weighted by atomic mass is 16.5. The molecule has 4 nitrogen and oxygen atoms in total. The predicted molar refractivity (Wildman–Crippen MR) is 95.0 cm³/mol. The van der Waals surface area contributed by atoms with Gasteiger partial charge < -0.3 is 9.84 Å². The summed E-state index contributed by atoms with van der Waals surface area (Å²) >= 11 is 0. The number of ether oxygens (including phenoxy) is 1. The van der Waals surface area contributed by atoms with E-state index in [4.69, 9.17) is 4.74 Å². The molecule has 4 heteroatoms. The highest BCUT2D eigenvalue weighted by Crippen LogP contribution is 2.42. The molecule has 24 heavy (non-hydrogen) atoms. The molecule has 1 aromatic heterocycles. The fourth-order valence-corrected chi connectivity index (χ4v) is 4.44. The lowest BCUT2D eigenvalue weighted by atomic mass is 9.73. The van der Waals surface area contributed by atoms with Gasteiger partial charge in [0.05, 0.1) is 18.7 Å². The second kappa shape index (κ2) is 6.19. The third-order valence-corrected chi connectivity index (χ3v) is 5.82. The maximum atomic E-state index is 11.2. The molecule has 4 heterocycles. The number of hydrogen-bond donors (Lipinski definition) is 1. The van der Waals surface area contributed by atoms with Crippen LogP contribution in [-0.2, 0) is 0 Å². The number of aliphatic hydroxyl groups excluding tert-OH is 1. The number of methoxy groups -OCH3 is 1. The Kier molecular flexibility index (Phi) is 4.02. The maximum absolute atomic E-state index is 11.2. The summed E-state index contributed by atoms with van der Waals surface area (Å²) in [4.78, 5) is 6.86. The molecule has 0 saturated carbocycles. The summed E-state index contributed by atoms with van der Waals surface area (Å²) < 4.78 is 5.35. The van der Waals surface area contributed by atoms with E-state index in [9.17, 15) is 5.11 Å². The Balaban J connectivity index is 1.69. The van der Waals surface area contributed by atoms with Crippen molar-refractivity contribution in [1.29, 1.82) is 0 Å². The van der Waals surface area contributed by atoms with Gasteiger partial charge >= 0.3 is 0 Å². The monoisotopic (exact) mass is 324 g/mol. The van der Waals surface area contributed by atoms with Crippen molar-refractivity contribution in [3.8, 4) is 5.75 Å². The van der Waals surface area contributed by atoms with Crippen LogP contribution in [0.15, 0.2) is 43.1 Å². The van der Waals surface area contributed by atoms with E-state index >= 15 is 0 Å². The standard InChI is InChI=1S/C20H24N2O2/c1-3-13-12-22-9-7-14(13)10-19(22)20(23)16-6-8-21-18-5-4-15(24-2)11-17(16)18/h3-6,8,11,13-14,19-20,23H,1,7,9-10,12H2,2H3/t13?,14-,19?,20?/m0/s1. The second-order valence-corrected chi connectivity index (χ2v) is 6.97. The SMILES string of the molecule is C=CC1CN2CC[C@H]1CC2C(O)c1ccnc2ccc(OC)cc12. The van der Waals surface area contributed by atoms with Gasteiger partial charge in [-0.05, 0) is 61.1 Å². The van der Waals surface area contributed by atoms with E-state index in [0.29, 0.717) is 11.8 Å². The van der Waals surface area contributed by atoms with Crippen LogP contribution in [0.3, 0.4) is 0 Å². The minimum Gasteiger partial charge on any atom is -0.497 e. The molecule has 4 unspecified atom stereocenters. The van der Waals surface area contributed by atoms with Gasteiger partial charge in [-0.3, -0.25) is 9.88 Å². The molecule has 2 bridgehead atoms. The highest BCUT2D eigenvalue weighted by molar-refractivity contribution is 5.83. The average Bonchev–Trinajstić information content (AvgIpc) is 2.66. The van der Waals surface area contributed by atoms with E-state index in [1.165, 1.54) is 6.42 Å². The average molecular weight is 324 g/mol. The first-order valence-corrected chi connectivity index (χ1v) is 8.68. The quantitative estimate of drug-likeness (QED) is 0.878. The molecular weight excluding hydrogens is 300 g/mol. The first kappa shape index (κ1) is 15.6. The van der Waals surface area contributed by atoms with Gasteiger partial charge in [0.1, 0.15) is 5.75 Å². The van der Waals surface area contributed by atoms with Crippen LogP contribution < -0.4 is 4.74 Å². The molecular formula is C20H24N2O2. The molecule has 0 spiro atoms. The van der Waals surface area contributed by atoms with Crippen LogP contribution in [0, 0.1) is 11.8 Å². The van der Waals surface area contributed by atoms with Crippen LogP contribution in [-0.4, -0.2) is 41.2 Å². The molecule has 1 aromatic carbocycles. The molecule has 5 atom stereocenters. The minimum atomic E-state index is -0.504. The Morgan fingerprint density at radius 3 is 3.00 bits per heavy atom. The smallest absolute Gasteiger partial charge is 0.119 e. The van der Waals surface area contributed by atoms with Gasteiger partial charge in [0.15, 0.2) is 0 Å². The Morgan fingerprint density at radius 1 is 1.42 bits per heavy atom. The van der Waals surface area contributed by atoms with Crippen LogP contribution in [0.2, 0.25) is 0 Å². The molecule has 0 amide bonds. The lowest BCUT2D eigenvalue weighted by Crippen LogP contribution is -2.54. The van der Waals surface area contributed by atoms with Crippen LogP contribution in [0.4, 0.5) is 0 Å². The van der Waals surface area contributed by atoms with Crippen LogP contribution >= 0.6 is 0 Å². The molecule has 2 aromatic rings. The zero-order valence-electron chi connectivity index (χ0n) is 14.1. The Hall–Kier alpha value is -1.91. The number of aromatic nitrogens is 1. The lowest BCUT2D eigenvalue weighted by Gasteiger charge is -2.50. The van der Waals surface area contributed by atoms with Gasteiger partial charge in [0, 0.05) is 24.2 Å². The van der Waals surface area contributed by atoms with Crippen LogP contribution in [0.1, 0.15) is 24.5 Å². The van der Waals surface area contributed by atoms with Gasteiger partial charge in [0.2, 0.25) is 0 Å². The zero-order valence-corrected chi connectivity index (χ0v) is 14.1. The molecule has 0 aliphatic carbocycles. The first-order valence-electron chi connectivity index (χ1n) is 8.68. The Morgan fingerprint density at radius 2 is 2.29 bits per heavy atom. The number of fused-ring (bicyclic) bond motifs is 4. The van der Waals surface area contributed by atoms with E-state index in [-0.39, 0.29) is 6.04 Å². The van der Waals surface area contributed by atoms with E-state index < -0.39 is 6.10 Å². The van der Waals surface area contributed by atoms with Crippen molar-refractivity contribution in [2.45, 2.75) is 25.0 Å². The molecule has 0 radical (unpaired) electrons. The van der Waals surface area contributed by atoms with Gasteiger partial charge in [-0.25, -0.2) is 0 Å². The first-order chi connectivity index (χ1) is 11.7. The molecule has 126 valence electrons. The maximum Gasteiger partial charge on any atom is 0.119 e. The predicted octanol–water partition coefficient (Wildman–Crippen LogP) is 3.17. The number of pyridine rings is 1. The fraction of sp³-hybridized carbons (Fsp3) is 0.450. The molecule has 3 aliphatic heterocycles. The van der Waals surface area contributed by atoms with E-state index in [0.717, 1.165) is 41.7 Å². The minimum absolute atomic E-state index is 0.178. The van der Waals surface area contributed by atoms with Crippen molar-refractivity contribution in [2.24, 2.45) is 11.8 Å². The van der Waals surface area contributed by atoms with Crippen molar-refractivity contribution >= 4 is 10.9 Å². The molecule has 5 rings (SSSR count). The number of piperidine rings is 3. The van der Waals surface area contributed by atoms with Gasteiger partial charge in [-0.1, -0.05) is 6.08 Å². The summed E-state index contributed by atoms with van der Waals surface area (Å²) in [5.41, 5.74) is 1.85. The molecule has 1 N–H and O–H groups in total. The summed E-state index contributed by atoms with van der Waals surface area (Å²) in [5.74, 6) is 2.01. The van der Waals surface area contributed by atoms with Crippen LogP contribution in [0.5, 0.6) is 5.75 Å². The summed E-state index contributed by atoms with van der Waals surface area (Å²) in [6, 6.07) is 7.96. The Labute approximate surface area is 142 Å². The fourth-order valence-electron chi connectivity index (χ4n) is 4.44. The van der Waals surface area contributed by atoms with Crippen molar-refractivity contribution in [3.63, 3.8) is 0 Å². The van der Waals surface area contributed by atoms with Gasteiger partial charge in [0.25, 0.3) is 0 Å². The summed E-state index contributed by atoms with van der Waals surface area (Å²) in [5, 5.41) is 12.1. The van der Waals surface area contributed by atoms with Crippen molar-refractivity contribution in [2.75, 3.05) is 20.2 Å². The van der Waals surface area contributed by atoms with E-state index in [2.05, 4.69) is 22.5 Å². The summed E-state index contributed by atoms with van der Waals surface area (Å²) in [6.07, 6.45) is 5.62. The third kappa shape index (κ3) is 2.50. The van der Waals surface area contributed by atoms with E-state index in [1.54, 1.807) is 13.3 Å². The van der Waals surface area contributed by atoms with Crippen molar-refractivity contribution in [1.82, 2.24) is 9.88 Å². The molecule has 3 saturated heterocycles. The Bertz CT molecular complexity index is 760. The normalized spacial score (nSPS) is 30.2. The molecule has 3 fully saturated rings. The zero-order chi connectivity index (χ0) is 16.7. The van der Waals surface area contributed by atoms with E-state index in [1.807, 2.05) is 24.3 Å². The lowest BCUT2D eigenvalue weighted by molar-refractivity contribution is -0.0444. The highest BCUT2D eigenvalue weighted by Gasteiger charge is 2.42. The van der Waals surface area contributed by atoms with Crippen molar-refractivity contribution < 1.29 is 9.84 Å². The summed E-state index contributed by atoms with van der Waals surface area (Å²) in [7, 11) is 1.66. The number of benzene rings is 1. The topological polar surface area (TPSA) is 45.6 Å². The van der Waals surface area contributed by atoms with Gasteiger partial charge in [-0.15, -0.1) is 6.58 Å². The number of hydrogen-bond acceptors (Lipinski definition) is 4. The van der Waals surface area contributed by atoms with Crippen LogP contribution in [0.25, 0.3) is 10.9 Å². The number of aliphatic hydroxyl groups is 1. The third-order valence-electron chi connectivity index (χ3n) is 5.82. The largest absolute Gasteiger partial charge is 0.497 e. The number of rotatable bonds is 4. The van der Waals surface area contributed by atoms with Crippen molar-refractivity contribution in [3.05, 3.63) is 48.7 Å². The summed E-state index contributed by atoms with van der Waals surface area (Å²) in [6.45, 7) is 6.07. The second-order valence-electron chi connectivity index (χ2n) is 6.97.